The number of nitrogens with zero attached hydrogens (tertiary/aromatic N) is 1. The molecule has 0 atom stereocenters. The Morgan fingerprint density at radius 1 is 1.07 bits per heavy atom. The van der Waals surface area contributed by atoms with Crippen LogP contribution in [0.25, 0.3) is 0 Å². The number of methoxy groups -OCH3 is 1. The van der Waals surface area contributed by atoms with Crippen LogP contribution in [-0.2, 0) is 11.3 Å². The minimum Gasteiger partial charge on any atom is -0.497 e. The largest absolute Gasteiger partial charge is 0.497 e. The Morgan fingerprint density at radius 2 is 1.73 bits per heavy atom. The van der Waals surface area contributed by atoms with Crippen molar-refractivity contribution in [2.75, 3.05) is 26.7 Å². The fraction of sp³-hybridized carbons (Fsp3) is 0.391. The van der Waals surface area contributed by atoms with Crippen molar-refractivity contribution in [1.29, 1.82) is 0 Å². The molecule has 0 radical (unpaired) electrons. The van der Waals surface area contributed by atoms with E-state index in [9.17, 15) is 9.59 Å². The molecule has 0 saturated heterocycles. The first-order chi connectivity index (χ1) is 14.2. The molecular weight excluding hydrogens is 448 g/mol. The summed E-state index contributed by atoms with van der Waals surface area (Å²) in [7, 11) is 1.63. The minimum absolute atomic E-state index is 0.00764. The Bertz CT molecular complexity index is 847. The first-order valence-electron chi connectivity index (χ1n) is 9.78. The third-order valence-electron chi connectivity index (χ3n) is 4.20. The van der Waals surface area contributed by atoms with Crippen molar-refractivity contribution in [1.82, 2.24) is 10.2 Å². The molecule has 2 rings (SSSR count). The number of carbonyl (C=O) groups is 2. The molecule has 0 spiro atoms. The molecule has 30 heavy (non-hydrogen) atoms. The van der Waals surface area contributed by atoms with Crippen LogP contribution >= 0.6 is 15.9 Å². The van der Waals surface area contributed by atoms with Crippen LogP contribution in [0, 0.1) is 0 Å². The third-order valence-corrected chi connectivity index (χ3v) is 4.89. The predicted molar refractivity (Wildman–Crippen MR) is 121 cm³/mol. The van der Waals surface area contributed by atoms with Crippen molar-refractivity contribution in [3.8, 4) is 5.75 Å². The normalized spacial score (nSPS) is 11.3. The van der Waals surface area contributed by atoms with E-state index in [0.29, 0.717) is 25.2 Å². The van der Waals surface area contributed by atoms with Gasteiger partial charge in [-0.3, -0.25) is 9.69 Å². The van der Waals surface area contributed by atoms with Crippen molar-refractivity contribution in [2.24, 2.45) is 0 Å². The van der Waals surface area contributed by atoms with E-state index in [-0.39, 0.29) is 12.3 Å². The number of hydrogen-bond acceptors (Lipinski definition) is 5. The Balaban J connectivity index is 2.04. The van der Waals surface area contributed by atoms with Gasteiger partial charge in [-0.15, -0.1) is 0 Å². The highest BCUT2D eigenvalue weighted by Gasteiger charge is 2.18. The molecule has 2 aromatic carbocycles. The number of benzene rings is 2. The quantitative estimate of drug-likeness (QED) is 0.532. The highest BCUT2D eigenvalue weighted by Crippen LogP contribution is 2.18. The Morgan fingerprint density at radius 3 is 2.33 bits per heavy atom. The van der Waals surface area contributed by atoms with Crippen LogP contribution < -0.4 is 10.1 Å². The predicted octanol–water partition coefficient (Wildman–Crippen LogP) is 4.67. The zero-order valence-electron chi connectivity index (χ0n) is 17.9. The van der Waals surface area contributed by atoms with E-state index in [1.54, 1.807) is 13.2 Å². The Hall–Kier alpha value is -2.38. The Kier molecular flexibility index (Phi) is 8.87. The van der Waals surface area contributed by atoms with E-state index in [1.807, 2.05) is 68.1 Å². The fourth-order valence-corrected chi connectivity index (χ4v) is 3.31. The second-order valence-corrected chi connectivity index (χ2v) is 8.74. The Labute approximate surface area is 186 Å². The third kappa shape index (κ3) is 8.16. The summed E-state index contributed by atoms with van der Waals surface area (Å²) in [6.07, 6.45) is -0.468. The van der Waals surface area contributed by atoms with Crippen LogP contribution in [-0.4, -0.2) is 49.1 Å². The van der Waals surface area contributed by atoms with E-state index >= 15 is 0 Å². The average molecular weight is 477 g/mol. The maximum atomic E-state index is 12.8. The smallest absolute Gasteiger partial charge is 0.407 e. The number of ether oxygens (including phenoxy) is 2. The van der Waals surface area contributed by atoms with Crippen molar-refractivity contribution in [2.45, 2.75) is 32.9 Å². The van der Waals surface area contributed by atoms with Crippen LogP contribution in [0.5, 0.6) is 5.75 Å². The summed E-state index contributed by atoms with van der Waals surface area (Å²) >= 11 is 3.44. The van der Waals surface area contributed by atoms with E-state index < -0.39 is 11.7 Å². The van der Waals surface area contributed by atoms with E-state index in [2.05, 4.69) is 21.2 Å². The summed E-state index contributed by atoms with van der Waals surface area (Å²) in [5.41, 5.74) is 1.13. The van der Waals surface area contributed by atoms with Crippen molar-refractivity contribution in [3.63, 3.8) is 0 Å². The fourth-order valence-electron chi connectivity index (χ4n) is 2.81. The second-order valence-electron chi connectivity index (χ2n) is 7.89. The molecule has 7 heteroatoms. The van der Waals surface area contributed by atoms with Crippen LogP contribution in [0.4, 0.5) is 4.79 Å². The summed E-state index contributed by atoms with van der Waals surface area (Å²) in [6, 6.07) is 15.1. The number of rotatable bonds is 9. The van der Waals surface area contributed by atoms with E-state index in [0.717, 1.165) is 15.8 Å². The van der Waals surface area contributed by atoms with Crippen molar-refractivity contribution < 1.29 is 19.1 Å². The van der Waals surface area contributed by atoms with Gasteiger partial charge in [-0.1, -0.05) is 46.3 Å². The van der Waals surface area contributed by atoms with E-state index in [4.69, 9.17) is 9.47 Å². The molecular formula is C23H29BrN2O4. The first kappa shape index (κ1) is 23.9. The maximum Gasteiger partial charge on any atom is 0.407 e. The first-order valence-corrected chi connectivity index (χ1v) is 10.6. The molecule has 0 unspecified atom stereocenters. The topological polar surface area (TPSA) is 67.9 Å². The van der Waals surface area contributed by atoms with Crippen LogP contribution in [0.2, 0.25) is 0 Å². The molecule has 1 amide bonds. The standard InChI is InChI=1S/C23H29BrN2O4/c1-23(2,3)30-22(28)25-13-14-26(15-17-9-11-18(29-4)12-10-17)16-21(27)19-7-5-6-8-20(19)24/h5-12H,13-16H2,1-4H3,(H,25,28). The molecule has 0 aliphatic carbocycles. The summed E-state index contributed by atoms with van der Waals surface area (Å²) in [4.78, 5) is 26.8. The molecule has 0 bridgehead atoms. The van der Waals surface area contributed by atoms with Crippen LogP contribution in [0.15, 0.2) is 53.0 Å². The number of ketones is 1. The molecule has 6 nitrogen and oxygen atoms in total. The molecule has 0 aliphatic heterocycles. The van der Waals surface area contributed by atoms with Crippen LogP contribution in [0.3, 0.4) is 0 Å². The van der Waals surface area contributed by atoms with Gasteiger partial charge < -0.3 is 14.8 Å². The average Bonchev–Trinajstić information content (AvgIpc) is 2.67. The number of nitrogens with one attached hydrogen (secondary N) is 1. The summed E-state index contributed by atoms with van der Waals surface area (Å²) < 4.78 is 11.2. The molecule has 162 valence electrons. The summed E-state index contributed by atoms with van der Waals surface area (Å²) in [5.74, 6) is 0.787. The summed E-state index contributed by atoms with van der Waals surface area (Å²) in [5, 5.41) is 2.75. The monoisotopic (exact) mass is 476 g/mol. The van der Waals surface area contributed by atoms with Gasteiger partial charge in [-0.2, -0.15) is 0 Å². The van der Waals surface area contributed by atoms with Gasteiger partial charge in [-0.25, -0.2) is 4.79 Å². The SMILES string of the molecule is COc1ccc(CN(CCNC(=O)OC(C)(C)C)CC(=O)c2ccccc2Br)cc1. The van der Waals surface area contributed by atoms with Gasteiger partial charge in [0.25, 0.3) is 0 Å². The zero-order valence-corrected chi connectivity index (χ0v) is 19.5. The number of hydrogen-bond donors (Lipinski definition) is 1. The lowest BCUT2D eigenvalue weighted by atomic mass is 10.1. The lowest BCUT2D eigenvalue weighted by Gasteiger charge is -2.23. The number of amides is 1. The molecule has 0 fully saturated rings. The van der Waals surface area contributed by atoms with Gasteiger partial charge >= 0.3 is 6.09 Å². The molecule has 0 aromatic heterocycles. The lowest BCUT2D eigenvalue weighted by Crippen LogP contribution is -2.39. The summed E-state index contributed by atoms with van der Waals surface area (Å²) in [6.45, 7) is 7.12. The number of halogens is 1. The van der Waals surface area contributed by atoms with Gasteiger partial charge in [-0.05, 0) is 44.5 Å². The van der Waals surface area contributed by atoms with Gasteiger partial charge in [0.1, 0.15) is 11.4 Å². The minimum atomic E-state index is -0.553. The number of carbonyl (C=O) groups excluding carboxylic acids is 2. The highest BCUT2D eigenvalue weighted by atomic mass is 79.9. The molecule has 2 aromatic rings. The molecule has 0 saturated carbocycles. The molecule has 0 heterocycles. The van der Waals surface area contributed by atoms with Crippen LogP contribution in [0.1, 0.15) is 36.7 Å². The van der Waals surface area contributed by atoms with Gasteiger partial charge in [0.15, 0.2) is 5.78 Å². The maximum absolute atomic E-state index is 12.8. The number of Topliss-reactive ketones (excluding diaryl/α,β-unsaturated/α-hetero) is 1. The lowest BCUT2D eigenvalue weighted by molar-refractivity contribution is 0.0522. The zero-order chi connectivity index (χ0) is 22.1. The molecule has 1 N–H and O–H groups in total. The highest BCUT2D eigenvalue weighted by molar-refractivity contribution is 9.10. The van der Waals surface area contributed by atoms with Crippen molar-refractivity contribution in [3.05, 3.63) is 64.1 Å². The van der Waals surface area contributed by atoms with E-state index in [1.165, 1.54) is 0 Å². The van der Waals surface area contributed by atoms with Crippen molar-refractivity contribution >= 4 is 27.8 Å². The molecule has 0 aliphatic rings. The van der Waals surface area contributed by atoms with Gasteiger partial charge in [0.05, 0.1) is 13.7 Å². The second kappa shape index (κ2) is 11.1. The van der Waals surface area contributed by atoms with Gasteiger partial charge in [0, 0.05) is 29.7 Å². The number of alkyl carbamates (subject to hydrolysis) is 1. The van der Waals surface area contributed by atoms with Gasteiger partial charge in [0.2, 0.25) is 0 Å².